The Morgan fingerprint density at radius 3 is 2.91 bits per heavy atom. The highest BCUT2D eigenvalue weighted by Gasteiger charge is 2.24. The fourth-order valence-corrected chi connectivity index (χ4v) is 2.98. The van der Waals surface area contributed by atoms with Crippen molar-refractivity contribution >= 4 is 5.91 Å². The predicted octanol–water partition coefficient (Wildman–Crippen LogP) is 3.32. The Kier molecular flexibility index (Phi) is 4.91. The van der Waals surface area contributed by atoms with Gasteiger partial charge in [0.2, 0.25) is 0 Å². The molecule has 2 heterocycles. The Hall–Kier alpha value is -2.36. The lowest BCUT2D eigenvalue weighted by molar-refractivity contribution is 0.0633. The molecule has 1 atom stereocenters. The molecule has 4 nitrogen and oxygen atoms in total. The number of ether oxygens (including phenoxy) is 1. The molecule has 120 valence electrons. The van der Waals surface area contributed by atoms with E-state index in [-0.39, 0.29) is 5.91 Å². The normalized spacial score (nSPS) is 17.8. The predicted molar refractivity (Wildman–Crippen MR) is 89.5 cm³/mol. The molecule has 4 heteroatoms. The van der Waals surface area contributed by atoms with Crippen LogP contribution in [0.3, 0.4) is 0 Å². The highest BCUT2D eigenvalue weighted by atomic mass is 16.5. The van der Waals surface area contributed by atoms with Gasteiger partial charge < -0.3 is 9.64 Å². The van der Waals surface area contributed by atoms with Crippen molar-refractivity contribution in [1.82, 2.24) is 9.88 Å². The van der Waals surface area contributed by atoms with Gasteiger partial charge in [0.05, 0.1) is 6.61 Å². The van der Waals surface area contributed by atoms with Crippen LogP contribution in [0.2, 0.25) is 0 Å². The number of piperidine rings is 1. The molecule has 1 aliphatic heterocycles. The van der Waals surface area contributed by atoms with Crippen LogP contribution in [-0.4, -0.2) is 35.5 Å². The summed E-state index contributed by atoms with van der Waals surface area (Å²) < 4.78 is 5.91. The molecular formula is C19H22N2O2. The Balaban J connectivity index is 1.57. The molecule has 0 N–H and O–H groups in total. The molecule has 1 amide bonds. The van der Waals surface area contributed by atoms with Gasteiger partial charge in [-0.2, -0.15) is 0 Å². The minimum absolute atomic E-state index is 0.0904. The monoisotopic (exact) mass is 310 g/mol. The van der Waals surface area contributed by atoms with Crippen LogP contribution in [0.5, 0.6) is 5.75 Å². The molecule has 0 bridgehead atoms. The van der Waals surface area contributed by atoms with E-state index in [1.54, 1.807) is 24.5 Å². The molecule has 0 spiro atoms. The van der Waals surface area contributed by atoms with Gasteiger partial charge in [0.1, 0.15) is 5.75 Å². The van der Waals surface area contributed by atoms with E-state index >= 15 is 0 Å². The number of amides is 1. The summed E-state index contributed by atoms with van der Waals surface area (Å²) in [6.45, 7) is 4.29. The largest absolute Gasteiger partial charge is 0.493 e. The van der Waals surface area contributed by atoms with Gasteiger partial charge in [-0.15, -0.1) is 0 Å². The molecule has 1 aliphatic rings. The number of aryl methyl sites for hydroxylation is 1. The van der Waals surface area contributed by atoms with E-state index in [1.165, 1.54) is 5.56 Å². The number of carbonyl (C=O) groups excluding carboxylic acids is 1. The second-order valence-electron chi connectivity index (χ2n) is 6.12. The summed E-state index contributed by atoms with van der Waals surface area (Å²) >= 11 is 0. The second-order valence-corrected chi connectivity index (χ2v) is 6.12. The second kappa shape index (κ2) is 7.27. The SMILES string of the molecule is Cc1cccc(OC[C@H]2CCCN(C(=O)c3ccncc3)C2)c1. The lowest BCUT2D eigenvalue weighted by atomic mass is 9.98. The Labute approximate surface area is 137 Å². The van der Waals surface area contributed by atoms with Crippen LogP contribution in [0.25, 0.3) is 0 Å². The van der Waals surface area contributed by atoms with Crippen molar-refractivity contribution in [2.75, 3.05) is 19.7 Å². The van der Waals surface area contributed by atoms with E-state index in [9.17, 15) is 4.79 Å². The third-order valence-corrected chi connectivity index (χ3v) is 4.21. The minimum Gasteiger partial charge on any atom is -0.493 e. The lowest BCUT2D eigenvalue weighted by Crippen LogP contribution is -2.41. The molecule has 2 aromatic rings. The van der Waals surface area contributed by atoms with E-state index in [0.717, 1.165) is 31.7 Å². The van der Waals surface area contributed by atoms with Crippen LogP contribution >= 0.6 is 0 Å². The summed E-state index contributed by atoms with van der Waals surface area (Å²) in [7, 11) is 0. The molecule has 0 radical (unpaired) electrons. The number of carbonyl (C=O) groups is 1. The van der Waals surface area contributed by atoms with Crippen LogP contribution < -0.4 is 4.74 Å². The van der Waals surface area contributed by atoms with Crippen molar-refractivity contribution in [3.63, 3.8) is 0 Å². The number of pyridine rings is 1. The fourth-order valence-electron chi connectivity index (χ4n) is 2.98. The molecule has 1 aromatic heterocycles. The van der Waals surface area contributed by atoms with Gasteiger partial charge in [-0.3, -0.25) is 9.78 Å². The fraction of sp³-hybridized carbons (Fsp3) is 0.368. The number of rotatable bonds is 4. The molecule has 0 unspecified atom stereocenters. The summed E-state index contributed by atoms with van der Waals surface area (Å²) in [5, 5.41) is 0. The Bertz CT molecular complexity index is 657. The van der Waals surface area contributed by atoms with Crippen molar-refractivity contribution in [3.05, 3.63) is 59.9 Å². The quantitative estimate of drug-likeness (QED) is 0.870. The van der Waals surface area contributed by atoms with Gasteiger partial charge in [0, 0.05) is 37.0 Å². The van der Waals surface area contributed by atoms with E-state index in [1.807, 2.05) is 23.1 Å². The summed E-state index contributed by atoms with van der Waals surface area (Å²) in [4.78, 5) is 18.4. The van der Waals surface area contributed by atoms with E-state index < -0.39 is 0 Å². The van der Waals surface area contributed by atoms with Crippen LogP contribution in [0, 0.1) is 12.8 Å². The number of hydrogen-bond acceptors (Lipinski definition) is 3. The van der Waals surface area contributed by atoms with Gasteiger partial charge in [0.25, 0.3) is 5.91 Å². The summed E-state index contributed by atoms with van der Waals surface area (Å²) in [6, 6.07) is 11.6. The van der Waals surface area contributed by atoms with E-state index in [4.69, 9.17) is 4.74 Å². The number of nitrogens with zero attached hydrogens (tertiary/aromatic N) is 2. The minimum atomic E-state index is 0.0904. The van der Waals surface area contributed by atoms with Crippen LogP contribution in [0.15, 0.2) is 48.8 Å². The first-order valence-corrected chi connectivity index (χ1v) is 8.11. The van der Waals surface area contributed by atoms with Gasteiger partial charge in [-0.25, -0.2) is 0 Å². The maximum Gasteiger partial charge on any atom is 0.253 e. The van der Waals surface area contributed by atoms with E-state index in [0.29, 0.717) is 18.1 Å². The first-order valence-electron chi connectivity index (χ1n) is 8.11. The van der Waals surface area contributed by atoms with Gasteiger partial charge in [0.15, 0.2) is 0 Å². The number of hydrogen-bond donors (Lipinski definition) is 0. The molecule has 1 fully saturated rings. The van der Waals surface area contributed by atoms with Crippen molar-refractivity contribution in [1.29, 1.82) is 0 Å². The van der Waals surface area contributed by atoms with Crippen molar-refractivity contribution < 1.29 is 9.53 Å². The zero-order chi connectivity index (χ0) is 16.1. The smallest absolute Gasteiger partial charge is 0.253 e. The first-order chi connectivity index (χ1) is 11.2. The van der Waals surface area contributed by atoms with Gasteiger partial charge >= 0.3 is 0 Å². The average molecular weight is 310 g/mol. The number of aromatic nitrogens is 1. The van der Waals surface area contributed by atoms with Crippen molar-refractivity contribution in [3.8, 4) is 5.75 Å². The summed E-state index contributed by atoms with van der Waals surface area (Å²) in [6.07, 6.45) is 5.45. The zero-order valence-electron chi connectivity index (χ0n) is 13.4. The molecule has 0 aliphatic carbocycles. The Morgan fingerprint density at radius 2 is 2.13 bits per heavy atom. The maximum atomic E-state index is 12.5. The third-order valence-electron chi connectivity index (χ3n) is 4.21. The standard InChI is InChI=1S/C19H22N2O2/c1-15-4-2-6-18(12-15)23-14-16-5-3-11-21(13-16)19(22)17-7-9-20-10-8-17/h2,4,6-10,12,16H,3,5,11,13-14H2,1H3/t16-/m0/s1. The van der Waals surface area contributed by atoms with Gasteiger partial charge in [-0.05, 0) is 49.6 Å². The molecule has 1 saturated heterocycles. The molecule has 0 saturated carbocycles. The lowest BCUT2D eigenvalue weighted by Gasteiger charge is -2.32. The highest BCUT2D eigenvalue weighted by Crippen LogP contribution is 2.20. The van der Waals surface area contributed by atoms with Crippen LogP contribution in [0.1, 0.15) is 28.8 Å². The number of benzene rings is 1. The number of likely N-dealkylation sites (tertiary alicyclic amines) is 1. The van der Waals surface area contributed by atoms with Crippen molar-refractivity contribution in [2.45, 2.75) is 19.8 Å². The molecule has 3 rings (SSSR count). The molecule has 1 aromatic carbocycles. The Morgan fingerprint density at radius 1 is 1.30 bits per heavy atom. The summed E-state index contributed by atoms with van der Waals surface area (Å²) in [5.41, 5.74) is 1.90. The summed E-state index contributed by atoms with van der Waals surface area (Å²) in [5.74, 6) is 1.38. The van der Waals surface area contributed by atoms with Gasteiger partial charge in [-0.1, -0.05) is 12.1 Å². The topological polar surface area (TPSA) is 42.4 Å². The van der Waals surface area contributed by atoms with E-state index in [2.05, 4.69) is 18.0 Å². The maximum absolute atomic E-state index is 12.5. The highest BCUT2D eigenvalue weighted by molar-refractivity contribution is 5.94. The molecular weight excluding hydrogens is 288 g/mol. The van der Waals surface area contributed by atoms with Crippen LogP contribution in [-0.2, 0) is 0 Å². The third kappa shape index (κ3) is 4.09. The van der Waals surface area contributed by atoms with Crippen molar-refractivity contribution in [2.24, 2.45) is 5.92 Å². The first kappa shape index (κ1) is 15.5. The molecule has 23 heavy (non-hydrogen) atoms. The average Bonchev–Trinajstić information content (AvgIpc) is 2.60. The van der Waals surface area contributed by atoms with Crippen LogP contribution in [0.4, 0.5) is 0 Å². The zero-order valence-corrected chi connectivity index (χ0v) is 13.4.